The predicted molar refractivity (Wildman–Crippen MR) is 75.5 cm³/mol. The fourth-order valence-corrected chi connectivity index (χ4v) is 3.02. The van der Waals surface area contributed by atoms with E-state index >= 15 is 0 Å². The Bertz CT molecular complexity index is 737. The monoisotopic (exact) mass is 329 g/mol. The average molecular weight is 329 g/mol. The maximum absolute atomic E-state index is 11.5. The molecule has 0 saturated carbocycles. The van der Waals surface area contributed by atoms with E-state index in [2.05, 4.69) is 9.97 Å². The van der Waals surface area contributed by atoms with Gasteiger partial charge in [-0.3, -0.25) is 0 Å². The Labute approximate surface area is 126 Å². The van der Waals surface area contributed by atoms with Crippen molar-refractivity contribution in [3.8, 4) is 0 Å². The van der Waals surface area contributed by atoms with Crippen molar-refractivity contribution in [1.29, 1.82) is 0 Å². The van der Waals surface area contributed by atoms with Crippen molar-refractivity contribution in [2.45, 2.75) is 29.6 Å². The third-order valence-corrected chi connectivity index (χ3v) is 4.20. The van der Waals surface area contributed by atoms with E-state index in [0.29, 0.717) is 5.52 Å². The first-order valence-corrected chi connectivity index (χ1v) is 7.57. The molecule has 3 heterocycles. The number of fused-ring (bicyclic) bond motifs is 1. The zero-order valence-electron chi connectivity index (χ0n) is 11.2. The summed E-state index contributed by atoms with van der Waals surface area (Å²) in [5, 5.41) is 34.4. The molecule has 1 saturated heterocycles. The zero-order chi connectivity index (χ0) is 16.0. The van der Waals surface area contributed by atoms with Gasteiger partial charge in [-0.1, -0.05) is 0 Å². The quantitative estimate of drug-likeness (QED) is 0.415. The first-order valence-electron chi connectivity index (χ1n) is 6.35. The third kappa shape index (κ3) is 2.27. The van der Waals surface area contributed by atoms with Crippen LogP contribution in [0.4, 0.5) is 5.82 Å². The first kappa shape index (κ1) is 15.3. The molecule has 11 heteroatoms. The van der Waals surface area contributed by atoms with Crippen molar-refractivity contribution in [1.82, 2.24) is 14.5 Å². The number of nitrogen functional groups attached to an aromatic ring is 1. The van der Waals surface area contributed by atoms with Crippen LogP contribution in [-0.2, 0) is 15.7 Å². The normalized spacial score (nSPS) is 30.0. The van der Waals surface area contributed by atoms with Gasteiger partial charge in [0.1, 0.15) is 40.6 Å². The van der Waals surface area contributed by atoms with Crippen LogP contribution in [0.1, 0.15) is 6.23 Å². The second kappa shape index (κ2) is 5.53. The molecular weight excluding hydrogens is 314 g/mol. The number of aliphatic hydroxyl groups is 3. The minimum absolute atomic E-state index is 0.0143. The van der Waals surface area contributed by atoms with E-state index in [4.69, 9.17) is 20.7 Å². The van der Waals surface area contributed by atoms with Crippen molar-refractivity contribution in [3.63, 3.8) is 0 Å². The highest BCUT2D eigenvalue weighted by Crippen LogP contribution is 2.32. The molecule has 7 N–H and O–H groups in total. The standard InChI is InChI=1S/C11H15N5O5S/c12-6-1-4-7(10(15-6)22(13)20)14-3-16(4)11-9(19)8(18)5(2-17)21-11/h1,3,5,8-9,11,17-19H,2,13H2,(H2,12,15)/t5-,8-,9-,11-,22?/m1/s1. The number of rotatable bonds is 3. The summed E-state index contributed by atoms with van der Waals surface area (Å²) < 4.78 is 18.4. The summed E-state index contributed by atoms with van der Waals surface area (Å²) in [6.07, 6.45) is -3.06. The summed E-state index contributed by atoms with van der Waals surface area (Å²) in [5.41, 5.74) is 6.33. The number of aliphatic hydroxyl groups excluding tert-OH is 3. The van der Waals surface area contributed by atoms with Crippen molar-refractivity contribution in [2.75, 3.05) is 12.3 Å². The lowest BCUT2D eigenvalue weighted by atomic mass is 10.1. The van der Waals surface area contributed by atoms with Crippen LogP contribution >= 0.6 is 0 Å². The molecule has 0 spiro atoms. The van der Waals surface area contributed by atoms with Crippen LogP contribution in [0, 0.1) is 0 Å². The summed E-state index contributed by atoms with van der Waals surface area (Å²) in [7, 11) is -1.89. The van der Waals surface area contributed by atoms with Crippen LogP contribution in [-0.4, -0.2) is 59.0 Å². The van der Waals surface area contributed by atoms with Gasteiger partial charge in [-0.15, -0.1) is 0 Å². The summed E-state index contributed by atoms with van der Waals surface area (Å²) in [5.74, 6) is 0.0785. The van der Waals surface area contributed by atoms with Gasteiger partial charge in [0.05, 0.1) is 18.5 Å². The molecule has 0 aliphatic carbocycles. The van der Waals surface area contributed by atoms with Gasteiger partial charge in [0.15, 0.2) is 11.3 Å². The molecule has 5 atom stereocenters. The Morgan fingerprint density at radius 2 is 2.14 bits per heavy atom. The van der Waals surface area contributed by atoms with E-state index in [1.54, 1.807) is 0 Å². The summed E-state index contributed by atoms with van der Waals surface area (Å²) in [6, 6.07) is 1.47. The highest BCUT2D eigenvalue weighted by molar-refractivity contribution is 7.82. The molecule has 1 fully saturated rings. The largest absolute Gasteiger partial charge is 0.394 e. The third-order valence-electron chi connectivity index (χ3n) is 3.53. The molecule has 0 amide bonds. The van der Waals surface area contributed by atoms with Crippen LogP contribution in [0.2, 0.25) is 0 Å². The van der Waals surface area contributed by atoms with Crippen molar-refractivity contribution < 1.29 is 24.3 Å². The minimum atomic E-state index is -1.89. The van der Waals surface area contributed by atoms with Crippen molar-refractivity contribution in [2.24, 2.45) is 5.14 Å². The van der Waals surface area contributed by atoms with E-state index in [0.717, 1.165) is 0 Å². The molecule has 1 unspecified atom stereocenters. The molecule has 22 heavy (non-hydrogen) atoms. The lowest BCUT2D eigenvalue weighted by molar-refractivity contribution is -0.0508. The molecule has 2 aromatic heterocycles. The molecule has 10 nitrogen and oxygen atoms in total. The van der Waals surface area contributed by atoms with Crippen LogP contribution in [0.25, 0.3) is 11.0 Å². The molecule has 120 valence electrons. The van der Waals surface area contributed by atoms with Gasteiger partial charge < -0.3 is 30.4 Å². The van der Waals surface area contributed by atoms with E-state index in [-0.39, 0.29) is 16.4 Å². The molecule has 2 aromatic rings. The fourth-order valence-electron chi connectivity index (χ4n) is 2.47. The maximum Gasteiger partial charge on any atom is 0.172 e. The number of imidazole rings is 1. The van der Waals surface area contributed by atoms with Gasteiger partial charge in [0.2, 0.25) is 0 Å². The Kier molecular flexibility index (Phi) is 3.84. The predicted octanol–water partition coefficient (Wildman–Crippen LogP) is -2.39. The van der Waals surface area contributed by atoms with Crippen LogP contribution < -0.4 is 10.9 Å². The van der Waals surface area contributed by atoms with Gasteiger partial charge in [0, 0.05) is 6.07 Å². The Morgan fingerprint density at radius 1 is 1.41 bits per heavy atom. The summed E-state index contributed by atoms with van der Waals surface area (Å²) >= 11 is 0. The maximum atomic E-state index is 11.5. The van der Waals surface area contributed by atoms with E-state index in [9.17, 15) is 14.4 Å². The fraction of sp³-hybridized carbons (Fsp3) is 0.455. The molecule has 0 aromatic carbocycles. The zero-order valence-corrected chi connectivity index (χ0v) is 12.1. The van der Waals surface area contributed by atoms with Gasteiger partial charge >= 0.3 is 0 Å². The van der Waals surface area contributed by atoms with Gasteiger partial charge in [-0.05, 0) is 0 Å². The Hall–Kier alpha value is -1.63. The van der Waals surface area contributed by atoms with Gasteiger partial charge in [-0.2, -0.15) is 0 Å². The molecular formula is C11H15N5O5S. The lowest BCUT2D eigenvalue weighted by Crippen LogP contribution is -2.33. The number of hydrogen-bond donors (Lipinski definition) is 5. The highest BCUT2D eigenvalue weighted by Gasteiger charge is 2.43. The van der Waals surface area contributed by atoms with Gasteiger partial charge in [-0.25, -0.2) is 19.3 Å². The number of pyridine rings is 1. The molecule has 0 bridgehead atoms. The van der Waals surface area contributed by atoms with Crippen molar-refractivity contribution in [3.05, 3.63) is 12.4 Å². The summed E-state index contributed by atoms with van der Waals surface area (Å²) in [6.45, 7) is -0.441. The first-order chi connectivity index (χ1) is 10.4. The van der Waals surface area contributed by atoms with Crippen LogP contribution in [0.3, 0.4) is 0 Å². The Morgan fingerprint density at radius 3 is 2.73 bits per heavy atom. The van der Waals surface area contributed by atoms with Crippen LogP contribution in [0.5, 0.6) is 0 Å². The number of ether oxygens (including phenoxy) is 1. The van der Waals surface area contributed by atoms with E-state index in [1.807, 2.05) is 0 Å². The number of nitrogens with zero attached hydrogens (tertiary/aromatic N) is 3. The number of anilines is 1. The molecule has 3 rings (SSSR count). The topological polar surface area (TPSA) is 170 Å². The van der Waals surface area contributed by atoms with Crippen LogP contribution in [0.15, 0.2) is 17.4 Å². The Balaban J connectivity index is 2.11. The minimum Gasteiger partial charge on any atom is -0.394 e. The number of hydrogen-bond acceptors (Lipinski definition) is 8. The smallest absolute Gasteiger partial charge is 0.172 e. The second-order valence-electron chi connectivity index (χ2n) is 4.90. The number of aromatic nitrogens is 3. The van der Waals surface area contributed by atoms with Crippen molar-refractivity contribution >= 4 is 27.8 Å². The molecule has 1 aliphatic rings. The number of nitrogens with two attached hydrogens (primary N) is 2. The van der Waals surface area contributed by atoms with Gasteiger partial charge in [0.25, 0.3) is 0 Å². The van der Waals surface area contributed by atoms with E-state index < -0.39 is 42.1 Å². The highest BCUT2D eigenvalue weighted by atomic mass is 32.2. The molecule has 0 radical (unpaired) electrons. The lowest BCUT2D eigenvalue weighted by Gasteiger charge is -2.17. The molecule has 1 aliphatic heterocycles. The summed E-state index contributed by atoms with van der Waals surface area (Å²) in [4.78, 5) is 7.96. The second-order valence-corrected chi connectivity index (χ2v) is 5.88. The SMILES string of the molecule is Nc1cc2c(ncn2[C@@H]2O[C@H](CO)[C@@H](O)[C@H]2O)c(S(N)=O)n1. The average Bonchev–Trinajstić information content (AvgIpc) is 3.00. The van der Waals surface area contributed by atoms with E-state index in [1.165, 1.54) is 17.0 Å².